The van der Waals surface area contributed by atoms with Gasteiger partial charge in [-0.25, -0.2) is 0 Å². The third kappa shape index (κ3) is 7.71. The summed E-state index contributed by atoms with van der Waals surface area (Å²) in [4.78, 5) is 13.4. The summed E-state index contributed by atoms with van der Waals surface area (Å²) in [7, 11) is 0. The van der Waals surface area contributed by atoms with Crippen molar-refractivity contribution in [3.8, 4) is 33.6 Å². The van der Waals surface area contributed by atoms with Gasteiger partial charge in [0.25, 0.3) is 0 Å². The predicted molar refractivity (Wildman–Crippen MR) is 207 cm³/mol. The Kier molecular flexibility index (Phi) is 10.3. The molecule has 5 heteroatoms. The number of rotatable bonds is 4. The third-order valence-electron chi connectivity index (χ3n) is 9.19. The van der Waals surface area contributed by atoms with Crippen LogP contribution in [-0.2, 0) is 26.5 Å². The molecule has 8 aromatic rings. The van der Waals surface area contributed by atoms with Crippen LogP contribution in [0.2, 0.25) is 0 Å². The van der Waals surface area contributed by atoms with Crippen LogP contribution in [0.15, 0.2) is 114 Å². The summed E-state index contributed by atoms with van der Waals surface area (Å²) < 4.78 is 6.27. The molecule has 4 heterocycles. The molecule has 4 aromatic carbocycles. The topological polar surface area (TPSA) is 51.8 Å². The molecule has 0 bridgehead atoms. The number of benzene rings is 4. The van der Waals surface area contributed by atoms with Crippen LogP contribution in [0.4, 0.5) is 0 Å². The first-order valence-corrected chi connectivity index (χ1v) is 17.1. The zero-order valence-corrected chi connectivity index (χ0v) is 32.6. The largest absolute Gasteiger partial charge is 0.500 e. The van der Waals surface area contributed by atoms with E-state index in [1.807, 2.05) is 49.8 Å². The maximum absolute atomic E-state index is 6.27. The summed E-state index contributed by atoms with van der Waals surface area (Å²) >= 11 is 0. The summed E-state index contributed by atoms with van der Waals surface area (Å²) in [5.74, 6) is 0. The van der Waals surface area contributed by atoms with Gasteiger partial charge in [-0.3, -0.25) is 4.98 Å². The van der Waals surface area contributed by atoms with Crippen molar-refractivity contribution in [1.82, 2.24) is 15.0 Å². The van der Waals surface area contributed by atoms with Gasteiger partial charge in [0.2, 0.25) is 0 Å². The van der Waals surface area contributed by atoms with E-state index in [0.29, 0.717) is 5.41 Å². The molecular weight excluding hydrogens is 803 g/mol. The van der Waals surface area contributed by atoms with Crippen LogP contribution >= 0.6 is 0 Å². The van der Waals surface area contributed by atoms with E-state index in [1.165, 1.54) is 33.4 Å². The van der Waals surface area contributed by atoms with Gasteiger partial charge < -0.3 is 14.4 Å². The monoisotopic (exact) mass is 844 g/mol. The number of aryl methyl sites for hydroxylation is 4. The fourth-order valence-electron chi connectivity index (χ4n) is 6.38. The van der Waals surface area contributed by atoms with E-state index in [9.17, 15) is 0 Å². The van der Waals surface area contributed by atoms with Crippen LogP contribution in [0.5, 0.6) is 0 Å². The van der Waals surface area contributed by atoms with Crippen LogP contribution in [-0.4, -0.2) is 15.0 Å². The Morgan fingerprint density at radius 2 is 1.43 bits per heavy atom. The van der Waals surface area contributed by atoms with E-state index in [1.54, 1.807) is 6.20 Å². The van der Waals surface area contributed by atoms with Gasteiger partial charge >= 0.3 is 0 Å². The van der Waals surface area contributed by atoms with Crippen molar-refractivity contribution in [3.05, 3.63) is 150 Å². The van der Waals surface area contributed by atoms with E-state index in [0.717, 1.165) is 67.2 Å². The Morgan fingerprint density at radius 3 is 2.16 bits per heavy atom. The molecule has 0 fully saturated rings. The van der Waals surface area contributed by atoms with E-state index in [-0.39, 0.29) is 20.1 Å². The number of pyridine rings is 3. The van der Waals surface area contributed by atoms with Crippen LogP contribution in [0.1, 0.15) is 48.6 Å². The Hall–Kier alpha value is -4.96. The first-order chi connectivity index (χ1) is 24.0. The van der Waals surface area contributed by atoms with Crippen molar-refractivity contribution in [2.45, 2.75) is 54.9 Å². The zero-order chi connectivity index (χ0) is 35.0. The van der Waals surface area contributed by atoms with Gasteiger partial charge in [-0.05, 0) is 77.7 Å². The summed E-state index contributed by atoms with van der Waals surface area (Å²) in [5, 5.41) is 4.31. The molecule has 0 saturated heterocycles. The van der Waals surface area contributed by atoms with Crippen molar-refractivity contribution in [1.29, 1.82) is 0 Å². The molecule has 0 N–H and O–H groups in total. The van der Waals surface area contributed by atoms with Gasteiger partial charge in [0.05, 0.1) is 5.58 Å². The van der Waals surface area contributed by atoms with Crippen LogP contribution < -0.4 is 0 Å². The average Bonchev–Trinajstić information content (AvgIpc) is 3.50. The van der Waals surface area contributed by atoms with Gasteiger partial charge in [-0.15, -0.1) is 47.5 Å². The molecule has 0 saturated carbocycles. The van der Waals surface area contributed by atoms with Crippen molar-refractivity contribution in [3.63, 3.8) is 0 Å². The molecule has 0 unspecified atom stereocenters. The minimum atomic E-state index is 0. The summed E-state index contributed by atoms with van der Waals surface area (Å²) in [6.07, 6.45) is 8.55. The number of aromatic nitrogens is 3. The minimum absolute atomic E-state index is 0. The molecule has 0 spiro atoms. The van der Waals surface area contributed by atoms with Crippen LogP contribution in [0, 0.1) is 45.2 Å². The first kappa shape index (κ1) is 35.9. The van der Waals surface area contributed by atoms with Crippen molar-refractivity contribution < 1.29 is 24.5 Å². The van der Waals surface area contributed by atoms with E-state index < -0.39 is 0 Å². The fourth-order valence-corrected chi connectivity index (χ4v) is 6.38. The average molecular weight is 844 g/mol. The summed E-state index contributed by atoms with van der Waals surface area (Å²) in [6, 6.07) is 36.3. The summed E-state index contributed by atoms with van der Waals surface area (Å²) in [5.41, 5.74) is 14.5. The molecule has 0 aliphatic heterocycles. The first-order valence-electron chi connectivity index (χ1n) is 17.1. The smallest absolute Gasteiger partial charge is 0.130 e. The molecule has 0 atom stereocenters. The van der Waals surface area contributed by atoms with Gasteiger partial charge in [-0.1, -0.05) is 104 Å². The van der Waals surface area contributed by atoms with E-state index in [4.69, 9.17) is 4.42 Å². The molecular formula is C46H41IrN3O-2. The second-order valence-corrected chi connectivity index (χ2v) is 14.5. The number of fused-ring (bicyclic) bond motifs is 5. The minimum Gasteiger partial charge on any atom is -0.500 e. The van der Waals surface area contributed by atoms with Gasteiger partial charge in [0.1, 0.15) is 5.58 Å². The zero-order valence-electron chi connectivity index (χ0n) is 30.2. The van der Waals surface area contributed by atoms with Crippen molar-refractivity contribution in [2.24, 2.45) is 5.41 Å². The Bertz CT molecular complexity index is 2470. The number of nitrogens with zero attached hydrogens (tertiary/aromatic N) is 3. The van der Waals surface area contributed by atoms with Crippen LogP contribution in [0.25, 0.3) is 66.4 Å². The second kappa shape index (κ2) is 14.7. The SMILES string of the molecule is Cc1ccc(-c2[c-]ccc3c2oc2c4cnccc4ccc32)nc1.Cc1cnc(-c2[c-]cc(C)c(-c3ccc(CC(C)(C)C)cc3)c2)cc1C.[Ir]. The van der Waals surface area contributed by atoms with Crippen molar-refractivity contribution >= 4 is 32.7 Å². The second-order valence-electron chi connectivity index (χ2n) is 14.5. The standard InChI is InChI=1S/C25H28N.C21H13N2O.Ir/c1-17-7-10-22(24-13-18(2)19(3)16-26-24)14-23(17)21-11-8-20(9-12-21)15-25(4,5)6;1-13-5-8-19(23-11-13)17-4-2-3-15-16-7-6-14-9-10-22-12-18(14)21(16)24-20(15)17;/h7-9,11-14,16H,15H2,1-6H3;2-3,5-12H,1H3;/q2*-1;. The number of furan rings is 1. The molecule has 0 amide bonds. The maximum atomic E-state index is 6.27. The maximum Gasteiger partial charge on any atom is 0.130 e. The fraction of sp³-hybridized carbons (Fsp3) is 0.196. The Morgan fingerprint density at radius 1 is 0.667 bits per heavy atom. The third-order valence-corrected chi connectivity index (χ3v) is 9.19. The molecule has 4 aromatic heterocycles. The Labute approximate surface area is 314 Å². The Balaban J connectivity index is 0.000000173. The molecule has 1 radical (unpaired) electrons. The van der Waals surface area contributed by atoms with Gasteiger partial charge in [0.15, 0.2) is 0 Å². The summed E-state index contributed by atoms with van der Waals surface area (Å²) in [6.45, 7) is 15.2. The molecule has 257 valence electrons. The molecule has 8 rings (SSSR count). The van der Waals surface area contributed by atoms with Gasteiger partial charge in [0, 0.05) is 55.7 Å². The quantitative estimate of drug-likeness (QED) is 0.166. The molecule has 51 heavy (non-hydrogen) atoms. The predicted octanol–water partition coefficient (Wildman–Crippen LogP) is 12.0. The van der Waals surface area contributed by atoms with E-state index >= 15 is 0 Å². The number of hydrogen-bond acceptors (Lipinski definition) is 4. The number of hydrogen-bond donors (Lipinski definition) is 0. The molecule has 0 aliphatic rings. The molecule has 0 aliphatic carbocycles. The van der Waals surface area contributed by atoms with E-state index in [2.05, 4.69) is 129 Å². The van der Waals surface area contributed by atoms with Crippen LogP contribution in [0.3, 0.4) is 0 Å². The van der Waals surface area contributed by atoms with Gasteiger partial charge in [-0.2, -0.15) is 0 Å². The van der Waals surface area contributed by atoms with Crippen molar-refractivity contribution in [2.75, 3.05) is 0 Å². The molecule has 4 nitrogen and oxygen atoms in total. The normalized spacial score (nSPS) is 11.4.